The summed E-state index contributed by atoms with van der Waals surface area (Å²) in [6.07, 6.45) is 1.81. The molecule has 3 aromatic rings. The lowest BCUT2D eigenvalue weighted by Gasteiger charge is -2.15. The normalized spacial score (nSPS) is 11.2. The largest absolute Gasteiger partial charge is 0.483 e. The third-order valence-corrected chi connectivity index (χ3v) is 5.14. The number of allylic oxidation sites excluding steroid dienone is 1. The van der Waals surface area contributed by atoms with E-state index in [0.29, 0.717) is 16.4 Å². The summed E-state index contributed by atoms with van der Waals surface area (Å²) >= 11 is 1.38. The van der Waals surface area contributed by atoms with Crippen molar-refractivity contribution >= 4 is 44.3 Å². The van der Waals surface area contributed by atoms with Gasteiger partial charge in [-0.05, 0) is 47.9 Å². The molecule has 1 aromatic heterocycles. The number of hydrogen-bond donors (Lipinski definition) is 2. The maximum atomic E-state index is 12.3. The van der Waals surface area contributed by atoms with Gasteiger partial charge < -0.3 is 9.84 Å². The van der Waals surface area contributed by atoms with E-state index in [1.54, 1.807) is 18.2 Å². The van der Waals surface area contributed by atoms with Gasteiger partial charge in [-0.3, -0.25) is 14.9 Å². The van der Waals surface area contributed by atoms with Gasteiger partial charge in [-0.1, -0.05) is 37.3 Å². The molecule has 7 nitrogen and oxygen atoms in total. The number of thiazole rings is 1. The van der Waals surface area contributed by atoms with Crippen LogP contribution in [0.1, 0.15) is 35.7 Å². The number of anilines is 1. The van der Waals surface area contributed by atoms with Gasteiger partial charge in [0.15, 0.2) is 17.5 Å². The molecule has 8 heteroatoms. The van der Waals surface area contributed by atoms with E-state index >= 15 is 0 Å². The summed E-state index contributed by atoms with van der Waals surface area (Å²) < 4.78 is 6.66. The van der Waals surface area contributed by atoms with Crippen LogP contribution in [0.3, 0.4) is 0 Å². The van der Waals surface area contributed by atoms with Gasteiger partial charge >= 0.3 is 5.97 Å². The van der Waals surface area contributed by atoms with Crippen LogP contribution >= 0.6 is 11.3 Å². The first-order chi connectivity index (χ1) is 14.3. The first-order valence-electron chi connectivity index (χ1n) is 9.21. The Labute approximate surface area is 177 Å². The van der Waals surface area contributed by atoms with Crippen LogP contribution in [0.15, 0.2) is 54.6 Å². The van der Waals surface area contributed by atoms with Gasteiger partial charge in [0.2, 0.25) is 0 Å². The number of ether oxygens (including phenoxy) is 1. The molecule has 0 saturated heterocycles. The van der Waals surface area contributed by atoms with Gasteiger partial charge in [-0.2, -0.15) is 0 Å². The van der Waals surface area contributed by atoms with Crippen molar-refractivity contribution in [3.8, 4) is 5.75 Å². The van der Waals surface area contributed by atoms with Crippen LogP contribution in [-0.4, -0.2) is 34.4 Å². The topological polar surface area (TPSA) is 106 Å². The number of para-hydroxylation sites is 1. The highest BCUT2D eigenvalue weighted by Gasteiger charge is 2.14. The summed E-state index contributed by atoms with van der Waals surface area (Å²) in [4.78, 5) is 39.4. The lowest BCUT2D eigenvalue weighted by molar-refractivity contribution is -0.131. The zero-order valence-corrected chi connectivity index (χ0v) is 17.2. The molecule has 0 bridgehead atoms. The van der Waals surface area contributed by atoms with E-state index in [1.807, 2.05) is 38.1 Å². The SMILES string of the molecule is CC(C)c1cc(C(=O)/C=C/C(=O)O)ccc1OCC(=O)Nc1nc2ccccc2s1. The second kappa shape index (κ2) is 9.32. The first kappa shape index (κ1) is 21.2. The average Bonchev–Trinajstić information content (AvgIpc) is 3.12. The number of carboxylic acid groups (broad SMARTS) is 1. The Kier molecular flexibility index (Phi) is 6.58. The van der Waals surface area contributed by atoms with E-state index in [2.05, 4.69) is 10.3 Å². The number of aromatic nitrogens is 1. The lowest BCUT2D eigenvalue weighted by atomic mass is 9.98. The predicted octanol–water partition coefficient (Wildman–Crippen LogP) is 4.26. The van der Waals surface area contributed by atoms with Crippen LogP contribution in [0, 0.1) is 0 Å². The number of fused-ring (bicyclic) bond motifs is 1. The van der Waals surface area contributed by atoms with Crippen molar-refractivity contribution in [2.24, 2.45) is 0 Å². The molecule has 1 heterocycles. The van der Waals surface area contributed by atoms with Crippen molar-refractivity contribution in [2.75, 3.05) is 11.9 Å². The molecular weight excluding hydrogens is 404 g/mol. The fourth-order valence-electron chi connectivity index (χ4n) is 2.75. The van der Waals surface area contributed by atoms with E-state index in [4.69, 9.17) is 9.84 Å². The Morgan fingerprint density at radius 3 is 2.63 bits per heavy atom. The molecule has 0 aliphatic carbocycles. The molecule has 0 radical (unpaired) electrons. The minimum atomic E-state index is -1.19. The molecule has 154 valence electrons. The van der Waals surface area contributed by atoms with Crippen molar-refractivity contribution < 1.29 is 24.2 Å². The molecule has 0 aliphatic heterocycles. The van der Waals surface area contributed by atoms with Crippen LogP contribution in [-0.2, 0) is 9.59 Å². The highest BCUT2D eigenvalue weighted by atomic mass is 32.1. The maximum absolute atomic E-state index is 12.3. The van der Waals surface area contributed by atoms with Crippen LogP contribution < -0.4 is 10.1 Å². The minimum Gasteiger partial charge on any atom is -0.483 e. The second-order valence-electron chi connectivity index (χ2n) is 6.77. The highest BCUT2D eigenvalue weighted by molar-refractivity contribution is 7.22. The number of ketones is 1. The Balaban J connectivity index is 1.68. The van der Waals surface area contributed by atoms with Gasteiger partial charge in [0.25, 0.3) is 5.91 Å². The molecule has 2 aromatic carbocycles. The van der Waals surface area contributed by atoms with Gasteiger partial charge in [-0.15, -0.1) is 0 Å². The molecular formula is C22H20N2O5S. The third-order valence-electron chi connectivity index (χ3n) is 4.19. The van der Waals surface area contributed by atoms with Crippen molar-refractivity contribution in [3.63, 3.8) is 0 Å². The van der Waals surface area contributed by atoms with E-state index in [0.717, 1.165) is 27.9 Å². The number of nitrogens with one attached hydrogen (secondary N) is 1. The Bertz CT molecular complexity index is 1100. The van der Waals surface area contributed by atoms with E-state index in [1.165, 1.54) is 11.3 Å². The Morgan fingerprint density at radius 1 is 1.17 bits per heavy atom. The maximum Gasteiger partial charge on any atom is 0.328 e. The quantitative estimate of drug-likeness (QED) is 0.413. The van der Waals surface area contributed by atoms with Crippen molar-refractivity contribution in [1.29, 1.82) is 0 Å². The standard InChI is InChI=1S/C22H20N2O5S/c1-13(2)15-11-14(17(25)8-10-21(27)28)7-9-18(15)29-12-20(26)24-22-23-16-5-3-4-6-19(16)30-22/h3-11,13H,12H2,1-2H3,(H,27,28)(H,23,24,26)/b10-8+. The lowest BCUT2D eigenvalue weighted by Crippen LogP contribution is -2.20. The number of carboxylic acids is 1. The number of carbonyl (C=O) groups excluding carboxylic acids is 2. The van der Waals surface area contributed by atoms with Gasteiger partial charge in [0.05, 0.1) is 10.2 Å². The summed E-state index contributed by atoms with van der Waals surface area (Å²) in [7, 11) is 0. The molecule has 2 N–H and O–H groups in total. The number of hydrogen-bond acceptors (Lipinski definition) is 6. The van der Waals surface area contributed by atoms with Gasteiger partial charge in [0.1, 0.15) is 5.75 Å². The van der Waals surface area contributed by atoms with Crippen LogP contribution in [0.25, 0.3) is 10.2 Å². The molecule has 0 spiro atoms. The summed E-state index contributed by atoms with van der Waals surface area (Å²) in [6.45, 7) is 3.66. The summed E-state index contributed by atoms with van der Waals surface area (Å²) in [5.41, 5.74) is 1.91. The summed E-state index contributed by atoms with van der Waals surface area (Å²) in [6, 6.07) is 12.4. The highest BCUT2D eigenvalue weighted by Crippen LogP contribution is 2.28. The molecule has 0 atom stereocenters. The summed E-state index contributed by atoms with van der Waals surface area (Å²) in [5, 5.41) is 11.9. The van der Waals surface area contributed by atoms with Crippen LogP contribution in [0.2, 0.25) is 0 Å². The molecule has 0 unspecified atom stereocenters. The number of rotatable bonds is 8. The molecule has 0 aliphatic rings. The zero-order valence-electron chi connectivity index (χ0n) is 16.4. The van der Waals surface area contributed by atoms with Crippen molar-refractivity contribution in [3.05, 3.63) is 65.7 Å². The third kappa shape index (κ3) is 5.30. The van der Waals surface area contributed by atoms with E-state index in [9.17, 15) is 14.4 Å². The second-order valence-corrected chi connectivity index (χ2v) is 7.80. The number of aliphatic carboxylic acids is 1. The Hall–Kier alpha value is -3.52. The molecule has 3 rings (SSSR count). The molecule has 0 fully saturated rings. The zero-order chi connectivity index (χ0) is 21.7. The van der Waals surface area contributed by atoms with Crippen molar-refractivity contribution in [1.82, 2.24) is 4.98 Å². The van der Waals surface area contributed by atoms with Crippen LogP contribution in [0.4, 0.5) is 5.13 Å². The van der Waals surface area contributed by atoms with E-state index < -0.39 is 11.8 Å². The monoisotopic (exact) mass is 424 g/mol. The van der Waals surface area contributed by atoms with Gasteiger partial charge in [0, 0.05) is 11.6 Å². The first-order valence-corrected chi connectivity index (χ1v) is 10.0. The average molecular weight is 424 g/mol. The number of amides is 1. The fourth-order valence-corrected chi connectivity index (χ4v) is 3.63. The smallest absolute Gasteiger partial charge is 0.328 e. The minimum absolute atomic E-state index is 0.0310. The molecule has 1 amide bonds. The predicted molar refractivity (Wildman–Crippen MR) is 115 cm³/mol. The summed E-state index contributed by atoms with van der Waals surface area (Å²) in [5.74, 6) is -1.42. The Morgan fingerprint density at radius 2 is 1.93 bits per heavy atom. The van der Waals surface area contributed by atoms with Crippen molar-refractivity contribution in [2.45, 2.75) is 19.8 Å². The van der Waals surface area contributed by atoms with Gasteiger partial charge in [-0.25, -0.2) is 9.78 Å². The molecule has 0 saturated carbocycles. The number of nitrogens with zero attached hydrogens (tertiary/aromatic N) is 1. The fraction of sp³-hybridized carbons (Fsp3) is 0.182. The number of carbonyl (C=O) groups is 3. The van der Waals surface area contributed by atoms with Crippen LogP contribution in [0.5, 0.6) is 5.75 Å². The number of benzene rings is 2. The molecule has 30 heavy (non-hydrogen) atoms. The van der Waals surface area contributed by atoms with E-state index in [-0.39, 0.29) is 18.4 Å².